The number of nitrogens with one attached hydrogen (secondary N) is 1. The molecule has 0 aromatic heterocycles. The molecule has 66 valence electrons. The van der Waals surface area contributed by atoms with E-state index in [9.17, 15) is 8.42 Å². The zero-order valence-electron chi connectivity index (χ0n) is 6.87. The molecule has 0 aromatic rings. The van der Waals surface area contributed by atoms with Crippen LogP contribution in [0.15, 0.2) is 0 Å². The van der Waals surface area contributed by atoms with Gasteiger partial charge in [-0.25, -0.2) is 8.42 Å². The van der Waals surface area contributed by atoms with Crippen LogP contribution in [0.1, 0.15) is 12.8 Å². The Hall–Kier alpha value is -0.130. The fourth-order valence-electron chi connectivity index (χ4n) is 1.21. The summed E-state index contributed by atoms with van der Waals surface area (Å²) in [6, 6.07) is 0. The van der Waals surface area contributed by atoms with Gasteiger partial charge >= 0.3 is 0 Å². The third kappa shape index (κ3) is 2.15. The molecule has 1 fully saturated rings. The van der Waals surface area contributed by atoms with Crippen LogP contribution in [0, 0.1) is 0 Å². The molecule has 5 heteroatoms. The molecular weight excluding hydrogens is 164 g/mol. The molecule has 1 unspecified atom stereocenters. The Morgan fingerprint density at radius 2 is 2.18 bits per heavy atom. The molecule has 1 rings (SSSR count). The molecule has 0 spiro atoms. The van der Waals surface area contributed by atoms with Crippen LogP contribution in [0.2, 0.25) is 0 Å². The van der Waals surface area contributed by atoms with E-state index in [1.807, 2.05) is 0 Å². The number of nitrogens with zero attached hydrogens (tertiary/aromatic N) is 1. The molecule has 1 atom stereocenters. The summed E-state index contributed by atoms with van der Waals surface area (Å²) >= 11 is 0. The quantitative estimate of drug-likeness (QED) is 0.625. The van der Waals surface area contributed by atoms with E-state index in [0.717, 1.165) is 19.4 Å². The molecule has 1 aliphatic heterocycles. The highest BCUT2D eigenvalue weighted by atomic mass is 32.2. The van der Waals surface area contributed by atoms with E-state index < -0.39 is 10.0 Å². The van der Waals surface area contributed by atoms with Crippen LogP contribution in [0.5, 0.6) is 0 Å². The highest BCUT2D eigenvalue weighted by Gasteiger charge is 2.24. The Morgan fingerprint density at radius 1 is 1.55 bits per heavy atom. The Bertz CT molecular complexity index is 219. The highest BCUT2D eigenvalue weighted by molar-refractivity contribution is 7.88. The van der Waals surface area contributed by atoms with Crippen LogP contribution in [0.25, 0.3) is 0 Å². The van der Waals surface area contributed by atoms with Crippen molar-refractivity contribution in [2.45, 2.75) is 19.0 Å². The van der Waals surface area contributed by atoms with E-state index in [1.54, 1.807) is 7.05 Å². The molecule has 0 amide bonds. The largest absolute Gasteiger partial charge is 0.301 e. The van der Waals surface area contributed by atoms with Crippen molar-refractivity contribution in [3.63, 3.8) is 0 Å². The summed E-state index contributed by atoms with van der Waals surface area (Å²) in [6.45, 7) is 0.921. The summed E-state index contributed by atoms with van der Waals surface area (Å²) in [5.74, 6) is 0. The fourth-order valence-corrected chi connectivity index (χ4v) is 1.85. The van der Waals surface area contributed by atoms with Crippen molar-refractivity contribution in [3.05, 3.63) is 0 Å². The van der Waals surface area contributed by atoms with Crippen molar-refractivity contribution in [1.29, 1.82) is 0 Å². The zero-order chi connectivity index (χ0) is 8.48. The minimum absolute atomic E-state index is 0.0185. The van der Waals surface area contributed by atoms with Crippen molar-refractivity contribution < 1.29 is 8.42 Å². The van der Waals surface area contributed by atoms with Gasteiger partial charge in [-0.2, -0.15) is 4.31 Å². The van der Waals surface area contributed by atoms with Crippen molar-refractivity contribution >= 4 is 10.0 Å². The van der Waals surface area contributed by atoms with Gasteiger partial charge in [0.15, 0.2) is 0 Å². The Morgan fingerprint density at radius 3 is 2.55 bits per heavy atom. The first-order valence-electron chi connectivity index (χ1n) is 3.68. The molecule has 11 heavy (non-hydrogen) atoms. The maximum atomic E-state index is 11.0. The lowest BCUT2D eigenvalue weighted by atomic mass is 10.3. The number of rotatable bonds is 2. The van der Waals surface area contributed by atoms with Crippen molar-refractivity contribution in [2.24, 2.45) is 0 Å². The monoisotopic (exact) mass is 178 g/mol. The summed E-state index contributed by atoms with van der Waals surface area (Å²) < 4.78 is 23.4. The summed E-state index contributed by atoms with van der Waals surface area (Å²) in [6.07, 6.45) is 3.23. The standard InChI is InChI=1S/C6H14N2O2S/c1-8(11(2,9)10)6-4-3-5-7-6/h6-7H,3-5H2,1-2H3. The summed E-state index contributed by atoms with van der Waals surface area (Å²) in [5, 5.41) is 3.11. The minimum atomic E-state index is -3.02. The topological polar surface area (TPSA) is 49.4 Å². The van der Waals surface area contributed by atoms with Gasteiger partial charge < -0.3 is 5.32 Å². The van der Waals surface area contributed by atoms with Gasteiger partial charge in [-0.15, -0.1) is 0 Å². The summed E-state index contributed by atoms with van der Waals surface area (Å²) in [4.78, 5) is 0. The van der Waals surface area contributed by atoms with Gasteiger partial charge in [0.05, 0.1) is 12.4 Å². The SMILES string of the molecule is CN(C1CCCN1)S(C)(=O)=O. The second kappa shape index (κ2) is 3.08. The molecule has 1 heterocycles. The molecule has 0 bridgehead atoms. The number of hydrogen-bond donors (Lipinski definition) is 1. The number of sulfonamides is 1. The Balaban J connectivity index is 2.60. The van der Waals surface area contributed by atoms with Crippen molar-refractivity contribution in [1.82, 2.24) is 9.62 Å². The third-order valence-corrected chi connectivity index (χ3v) is 3.30. The lowest BCUT2D eigenvalue weighted by Crippen LogP contribution is -2.42. The zero-order valence-corrected chi connectivity index (χ0v) is 7.69. The average molecular weight is 178 g/mol. The summed E-state index contributed by atoms with van der Waals surface area (Å²) in [7, 11) is -1.41. The van der Waals surface area contributed by atoms with E-state index in [2.05, 4.69) is 5.32 Å². The molecule has 0 radical (unpaired) electrons. The van der Waals surface area contributed by atoms with Crippen LogP contribution in [-0.2, 0) is 10.0 Å². The molecule has 1 saturated heterocycles. The smallest absolute Gasteiger partial charge is 0.212 e. The maximum Gasteiger partial charge on any atom is 0.212 e. The molecule has 1 aliphatic rings. The van der Waals surface area contributed by atoms with E-state index in [0.29, 0.717) is 0 Å². The van der Waals surface area contributed by atoms with Gasteiger partial charge in [0.2, 0.25) is 10.0 Å². The Labute approximate surface area is 67.6 Å². The maximum absolute atomic E-state index is 11.0. The van der Waals surface area contributed by atoms with Crippen LogP contribution in [-0.4, -0.2) is 38.7 Å². The molecular formula is C6H14N2O2S. The number of hydrogen-bond acceptors (Lipinski definition) is 3. The van der Waals surface area contributed by atoms with E-state index in [1.165, 1.54) is 10.6 Å². The minimum Gasteiger partial charge on any atom is -0.301 e. The van der Waals surface area contributed by atoms with E-state index in [-0.39, 0.29) is 6.17 Å². The van der Waals surface area contributed by atoms with E-state index >= 15 is 0 Å². The Kier molecular flexibility index (Phi) is 2.51. The first-order valence-corrected chi connectivity index (χ1v) is 5.53. The summed E-state index contributed by atoms with van der Waals surface area (Å²) in [5.41, 5.74) is 0. The molecule has 4 nitrogen and oxygen atoms in total. The normalized spacial score (nSPS) is 26.3. The van der Waals surface area contributed by atoms with Gasteiger partial charge in [0, 0.05) is 7.05 Å². The predicted molar refractivity (Wildman–Crippen MR) is 43.6 cm³/mol. The van der Waals surface area contributed by atoms with Crippen molar-refractivity contribution in [2.75, 3.05) is 19.8 Å². The van der Waals surface area contributed by atoms with Gasteiger partial charge in [0.25, 0.3) is 0 Å². The highest BCUT2D eigenvalue weighted by Crippen LogP contribution is 2.10. The second-order valence-electron chi connectivity index (χ2n) is 2.89. The van der Waals surface area contributed by atoms with Crippen molar-refractivity contribution in [3.8, 4) is 0 Å². The van der Waals surface area contributed by atoms with Crippen LogP contribution >= 0.6 is 0 Å². The lowest BCUT2D eigenvalue weighted by molar-refractivity contribution is 0.348. The first-order chi connectivity index (χ1) is 5.02. The van der Waals surface area contributed by atoms with E-state index in [4.69, 9.17) is 0 Å². The van der Waals surface area contributed by atoms with Crippen LogP contribution in [0.4, 0.5) is 0 Å². The molecule has 0 saturated carbocycles. The third-order valence-electron chi connectivity index (χ3n) is 2.00. The van der Waals surface area contributed by atoms with Crippen LogP contribution < -0.4 is 5.32 Å². The van der Waals surface area contributed by atoms with Gasteiger partial charge in [0.1, 0.15) is 0 Å². The molecule has 0 aliphatic carbocycles. The van der Waals surface area contributed by atoms with Gasteiger partial charge in [-0.3, -0.25) is 0 Å². The predicted octanol–water partition coefficient (Wildman–Crippen LogP) is -0.413. The molecule has 1 N–H and O–H groups in total. The average Bonchev–Trinajstić information content (AvgIpc) is 2.34. The fraction of sp³-hybridized carbons (Fsp3) is 1.00. The van der Waals surface area contributed by atoms with Gasteiger partial charge in [-0.1, -0.05) is 0 Å². The van der Waals surface area contributed by atoms with Gasteiger partial charge in [-0.05, 0) is 19.4 Å². The van der Waals surface area contributed by atoms with Crippen LogP contribution in [0.3, 0.4) is 0 Å². The second-order valence-corrected chi connectivity index (χ2v) is 4.93. The first kappa shape index (κ1) is 8.96. The lowest BCUT2D eigenvalue weighted by Gasteiger charge is -2.21. The molecule has 0 aromatic carbocycles.